The van der Waals surface area contributed by atoms with E-state index in [2.05, 4.69) is 15.2 Å². The van der Waals surface area contributed by atoms with Gasteiger partial charge in [0.2, 0.25) is 0 Å². The third-order valence-corrected chi connectivity index (χ3v) is 3.26. The van der Waals surface area contributed by atoms with E-state index < -0.39 is 0 Å². The minimum Gasteiger partial charge on any atom is -0.497 e. The van der Waals surface area contributed by atoms with Gasteiger partial charge in [0.15, 0.2) is 0 Å². The molecule has 0 aliphatic heterocycles. The van der Waals surface area contributed by atoms with Crippen molar-refractivity contribution in [3.63, 3.8) is 0 Å². The van der Waals surface area contributed by atoms with Crippen LogP contribution in [-0.4, -0.2) is 22.3 Å². The van der Waals surface area contributed by atoms with E-state index in [-0.39, 0.29) is 0 Å². The van der Waals surface area contributed by atoms with Crippen LogP contribution in [0.25, 0.3) is 22.4 Å². The number of H-pyrrole nitrogens is 1. The number of methoxy groups -OCH3 is 1. The first kappa shape index (κ1) is 12.4. The molecule has 0 atom stereocenters. The molecule has 3 aromatic rings. The molecule has 0 spiro atoms. The third kappa shape index (κ3) is 2.16. The van der Waals surface area contributed by atoms with E-state index in [9.17, 15) is 0 Å². The number of aromatic amines is 1. The molecule has 3 rings (SSSR count). The van der Waals surface area contributed by atoms with Gasteiger partial charge in [0.1, 0.15) is 11.4 Å². The van der Waals surface area contributed by atoms with Gasteiger partial charge in [-0.15, -0.1) is 0 Å². The first-order valence-electron chi connectivity index (χ1n) is 6.39. The second-order valence-corrected chi connectivity index (χ2v) is 4.54. The lowest BCUT2D eigenvalue weighted by atomic mass is 10.00. The Bertz CT molecular complexity index is 720. The molecule has 100 valence electrons. The van der Waals surface area contributed by atoms with Gasteiger partial charge in [-0.1, -0.05) is 12.1 Å². The Morgan fingerprint density at radius 3 is 2.60 bits per heavy atom. The summed E-state index contributed by atoms with van der Waals surface area (Å²) < 4.78 is 5.28. The number of aryl methyl sites for hydroxylation is 1. The van der Waals surface area contributed by atoms with E-state index in [1.807, 2.05) is 43.3 Å². The largest absolute Gasteiger partial charge is 0.497 e. The van der Waals surface area contributed by atoms with Gasteiger partial charge in [0.05, 0.1) is 7.11 Å². The van der Waals surface area contributed by atoms with Crippen molar-refractivity contribution < 1.29 is 4.74 Å². The Labute approximate surface area is 117 Å². The lowest BCUT2D eigenvalue weighted by Crippen LogP contribution is -1.87. The molecule has 0 aliphatic carbocycles. The van der Waals surface area contributed by atoms with Crippen LogP contribution in [0.15, 0.2) is 48.8 Å². The number of hydrogen-bond acceptors (Lipinski definition) is 3. The van der Waals surface area contributed by atoms with Crippen molar-refractivity contribution in [1.29, 1.82) is 0 Å². The van der Waals surface area contributed by atoms with Crippen molar-refractivity contribution in [3.8, 4) is 28.1 Å². The lowest BCUT2D eigenvalue weighted by Gasteiger charge is -2.06. The monoisotopic (exact) mass is 265 g/mol. The van der Waals surface area contributed by atoms with Gasteiger partial charge in [0.25, 0.3) is 0 Å². The molecule has 0 aliphatic rings. The normalized spacial score (nSPS) is 10.5. The van der Waals surface area contributed by atoms with Crippen LogP contribution in [0.3, 0.4) is 0 Å². The SMILES string of the molecule is COc1cccc(-c2n[nH]c(C)c2-c2ccncc2)c1. The first-order chi connectivity index (χ1) is 9.79. The number of benzene rings is 1. The number of pyridine rings is 1. The zero-order valence-electron chi connectivity index (χ0n) is 11.4. The molecule has 0 amide bonds. The highest BCUT2D eigenvalue weighted by atomic mass is 16.5. The smallest absolute Gasteiger partial charge is 0.119 e. The molecule has 0 bridgehead atoms. The summed E-state index contributed by atoms with van der Waals surface area (Å²) in [5.74, 6) is 0.823. The fourth-order valence-electron chi connectivity index (χ4n) is 2.28. The molecular formula is C16H15N3O. The number of nitrogens with one attached hydrogen (secondary N) is 1. The predicted molar refractivity (Wildman–Crippen MR) is 78.5 cm³/mol. The highest BCUT2D eigenvalue weighted by Gasteiger charge is 2.14. The fourth-order valence-corrected chi connectivity index (χ4v) is 2.28. The molecule has 0 radical (unpaired) electrons. The van der Waals surface area contributed by atoms with Gasteiger partial charge >= 0.3 is 0 Å². The van der Waals surface area contributed by atoms with E-state index in [1.54, 1.807) is 19.5 Å². The molecule has 2 aromatic heterocycles. The molecular weight excluding hydrogens is 250 g/mol. The first-order valence-corrected chi connectivity index (χ1v) is 6.39. The van der Waals surface area contributed by atoms with Crippen molar-refractivity contribution >= 4 is 0 Å². The molecule has 4 heteroatoms. The number of hydrogen-bond donors (Lipinski definition) is 1. The molecule has 4 nitrogen and oxygen atoms in total. The molecule has 1 N–H and O–H groups in total. The molecule has 0 fully saturated rings. The van der Waals surface area contributed by atoms with E-state index in [4.69, 9.17) is 4.74 Å². The maximum absolute atomic E-state index is 5.28. The molecule has 0 saturated heterocycles. The van der Waals surface area contributed by atoms with Crippen LogP contribution in [0.4, 0.5) is 0 Å². The zero-order valence-corrected chi connectivity index (χ0v) is 11.4. The van der Waals surface area contributed by atoms with Crippen molar-refractivity contribution in [3.05, 3.63) is 54.5 Å². The highest BCUT2D eigenvalue weighted by molar-refractivity contribution is 5.82. The second-order valence-electron chi connectivity index (χ2n) is 4.54. The van der Waals surface area contributed by atoms with Crippen molar-refractivity contribution in [1.82, 2.24) is 15.2 Å². The zero-order chi connectivity index (χ0) is 13.9. The number of nitrogens with zero attached hydrogens (tertiary/aromatic N) is 2. The minimum absolute atomic E-state index is 0.823. The van der Waals surface area contributed by atoms with Gasteiger partial charge < -0.3 is 4.74 Å². The van der Waals surface area contributed by atoms with E-state index >= 15 is 0 Å². The van der Waals surface area contributed by atoms with Crippen LogP contribution in [0.5, 0.6) is 5.75 Å². The average molecular weight is 265 g/mol. The van der Waals surface area contributed by atoms with E-state index in [0.29, 0.717) is 0 Å². The van der Waals surface area contributed by atoms with Gasteiger partial charge in [0, 0.05) is 29.2 Å². The second kappa shape index (κ2) is 5.17. The molecule has 1 aromatic carbocycles. The topological polar surface area (TPSA) is 50.8 Å². The van der Waals surface area contributed by atoms with Crippen LogP contribution >= 0.6 is 0 Å². The summed E-state index contributed by atoms with van der Waals surface area (Å²) in [7, 11) is 1.67. The van der Waals surface area contributed by atoms with E-state index in [0.717, 1.165) is 33.8 Å². The molecule has 2 heterocycles. The number of rotatable bonds is 3. The average Bonchev–Trinajstić information content (AvgIpc) is 2.90. The predicted octanol–water partition coefficient (Wildman–Crippen LogP) is 3.46. The molecule has 0 unspecified atom stereocenters. The molecule has 0 saturated carbocycles. The lowest BCUT2D eigenvalue weighted by molar-refractivity contribution is 0.415. The van der Waals surface area contributed by atoms with Crippen LogP contribution < -0.4 is 4.74 Å². The van der Waals surface area contributed by atoms with Crippen LogP contribution in [0.2, 0.25) is 0 Å². The van der Waals surface area contributed by atoms with Gasteiger partial charge in [-0.25, -0.2) is 0 Å². The Kier molecular flexibility index (Phi) is 3.21. The summed E-state index contributed by atoms with van der Waals surface area (Å²) in [6, 6.07) is 11.9. The number of ether oxygens (including phenoxy) is 1. The highest BCUT2D eigenvalue weighted by Crippen LogP contribution is 2.33. The Morgan fingerprint density at radius 1 is 1.05 bits per heavy atom. The maximum Gasteiger partial charge on any atom is 0.119 e. The standard InChI is InChI=1S/C16H15N3O/c1-11-15(12-6-8-17-9-7-12)16(19-18-11)13-4-3-5-14(10-13)20-2/h3-10H,1-2H3,(H,18,19). The third-order valence-electron chi connectivity index (χ3n) is 3.26. The summed E-state index contributed by atoms with van der Waals surface area (Å²) in [6.07, 6.45) is 3.58. The quantitative estimate of drug-likeness (QED) is 0.789. The summed E-state index contributed by atoms with van der Waals surface area (Å²) in [5, 5.41) is 7.50. The van der Waals surface area contributed by atoms with Crippen molar-refractivity contribution in [2.75, 3.05) is 7.11 Å². The maximum atomic E-state index is 5.28. The van der Waals surface area contributed by atoms with Gasteiger partial charge in [-0.05, 0) is 36.8 Å². The van der Waals surface area contributed by atoms with Crippen LogP contribution in [-0.2, 0) is 0 Å². The fraction of sp³-hybridized carbons (Fsp3) is 0.125. The summed E-state index contributed by atoms with van der Waals surface area (Å²) in [5.41, 5.74) is 5.19. The Hall–Kier alpha value is -2.62. The number of aromatic nitrogens is 3. The van der Waals surface area contributed by atoms with Crippen LogP contribution in [0.1, 0.15) is 5.69 Å². The minimum atomic E-state index is 0.823. The van der Waals surface area contributed by atoms with Gasteiger partial charge in [-0.2, -0.15) is 5.10 Å². The Morgan fingerprint density at radius 2 is 1.85 bits per heavy atom. The summed E-state index contributed by atoms with van der Waals surface area (Å²) in [6.45, 7) is 2.02. The Balaban J connectivity index is 2.16. The van der Waals surface area contributed by atoms with Crippen molar-refractivity contribution in [2.24, 2.45) is 0 Å². The van der Waals surface area contributed by atoms with Crippen LogP contribution in [0, 0.1) is 6.92 Å². The molecule has 20 heavy (non-hydrogen) atoms. The summed E-state index contributed by atoms with van der Waals surface area (Å²) >= 11 is 0. The van der Waals surface area contributed by atoms with Crippen molar-refractivity contribution in [2.45, 2.75) is 6.92 Å². The van der Waals surface area contributed by atoms with E-state index in [1.165, 1.54) is 0 Å². The summed E-state index contributed by atoms with van der Waals surface area (Å²) in [4.78, 5) is 4.06. The van der Waals surface area contributed by atoms with Gasteiger partial charge in [-0.3, -0.25) is 10.1 Å².